The van der Waals surface area contributed by atoms with Crippen molar-refractivity contribution in [2.75, 3.05) is 24.5 Å². The van der Waals surface area contributed by atoms with E-state index in [2.05, 4.69) is 47.5 Å². The number of hydrogen-bond acceptors (Lipinski definition) is 4. The molecule has 0 spiro atoms. The minimum Gasteiger partial charge on any atom is -0.352 e. The molecule has 6 heteroatoms. The first-order valence-corrected chi connectivity index (χ1v) is 11.8. The summed E-state index contributed by atoms with van der Waals surface area (Å²) in [6.07, 6.45) is 3.08. The molecule has 2 amide bonds. The van der Waals surface area contributed by atoms with Crippen molar-refractivity contribution in [3.8, 4) is 6.07 Å². The molecular weight excluding hydrogens is 412 g/mol. The lowest BCUT2D eigenvalue weighted by Gasteiger charge is -2.30. The van der Waals surface area contributed by atoms with Crippen LogP contribution in [-0.2, 0) is 22.7 Å². The summed E-state index contributed by atoms with van der Waals surface area (Å²) < 4.78 is 0. The topological polar surface area (TPSA) is 76.4 Å². The minimum absolute atomic E-state index is 0.110. The number of benzene rings is 2. The second kappa shape index (κ2) is 12.8. The fourth-order valence-electron chi connectivity index (χ4n) is 4.26. The quantitative estimate of drug-likeness (QED) is 0.592. The second-order valence-corrected chi connectivity index (χ2v) is 8.86. The van der Waals surface area contributed by atoms with Crippen molar-refractivity contribution in [2.45, 2.75) is 52.1 Å². The molecule has 0 radical (unpaired) electrons. The van der Waals surface area contributed by atoms with Crippen molar-refractivity contribution >= 4 is 17.5 Å². The first kappa shape index (κ1) is 24.5. The van der Waals surface area contributed by atoms with Crippen LogP contribution in [0.15, 0.2) is 54.6 Å². The Labute approximate surface area is 197 Å². The average Bonchev–Trinajstić information content (AvgIpc) is 2.83. The van der Waals surface area contributed by atoms with Crippen molar-refractivity contribution < 1.29 is 9.59 Å². The monoisotopic (exact) mass is 446 g/mol. The van der Waals surface area contributed by atoms with Crippen LogP contribution in [0.4, 0.5) is 5.69 Å². The van der Waals surface area contributed by atoms with Gasteiger partial charge in [0.05, 0.1) is 12.5 Å². The van der Waals surface area contributed by atoms with Crippen molar-refractivity contribution in [1.29, 1.82) is 5.26 Å². The molecule has 2 aromatic rings. The summed E-state index contributed by atoms with van der Waals surface area (Å²) >= 11 is 0. The Morgan fingerprint density at radius 3 is 2.52 bits per heavy atom. The summed E-state index contributed by atoms with van der Waals surface area (Å²) in [6.45, 7) is 6.39. The van der Waals surface area contributed by atoms with Crippen LogP contribution in [0, 0.1) is 17.2 Å². The zero-order chi connectivity index (χ0) is 23.5. The lowest BCUT2D eigenvalue weighted by Crippen LogP contribution is -2.33. The molecule has 0 bridgehead atoms. The van der Waals surface area contributed by atoms with Crippen LogP contribution in [0.2, 0.25) is 0 Å². The molecule has 33 heavy (non-hydrogen) atoms. The van der Waals surface area contributed by atoms with E-state index in [1.54, 1.807) is 4.90 Å². The van der Waals surface area contributed by atoms with Gasteiger partial charge in [-0.25, -0.2) is 0 Å². The number of carbonyl (C=O) groups excluding carboxylic acids is 2. The Balaban J connectivity index is 1.43. The van der Waals surface area contributed by atoms with E-state index in [0.29, 0.717) is 13.1 Å². The third-order valence-corrected chi connectivity index (χ3v) is 6.04. The molecule has 0 aliphatic carbocycles. The van der Waals surface area contributed by atoms with E-state index in [-0.39, 0.29) is 31.1 Å². The van der Waals surface area contributed by atoms with Crippen LogP contribution in [-0.4, -0.2) is 36.3 Å². The third kappa shape index (κ3) is 8.03. The number of hydrogen-bond donors (Lipinski definition) is 1. The number of amides is 2. The molecule has 1 saturated heterocycles. The van der Waals surface area contributed by atoms with Gasteiger partial charge in [0.1, 0.15) is 0 Å². The summed E-state index contributed by atoms with van der Waals surface area (Å²) in [7, 11) is 0. The van der Waals surface area contributed by atoms with E-state index < -0.39 is 0 Å². The Morgan fingerprint density at radius 1 is 1.09 bits per heavy atom. The molecule has 1 unspecified atom stereocenters. The van der Waals surface area contributed by atoms with Gasteiger partial charge < -0.3 is 10.2 Å². The Hall–Kier alpha value is -3.17. The zero-order valence-corrected chi connectivity index (χ0v) is 19.5. The summed E-state index contributed by atoms with van der Waals surface area (Å²) in [5, 5.41) is 11.8. The van der Waals surface area contributed by atoms with E-state index >= 15 is 0 Å². The number of para-hydroxylation sites is 1. The Kier molecular flexibility index (Phi) is 9.46. The fraction of sp³-hybridized carbons (Fsp3) is 0.444. The van der Waals surface area contributed by atoms with E-state index in [9.17, 15) is 9.59 Å². The molecule has 1 N–H and O–H groups in total. The van der Waals surface area contributed by atoms with Crippen LogP contribution in [0.25, 0.3) is 0 Å². The van der Waals surface area contributed by atoms with Crippen LogP contribution >= 0.6 is 0 Å². The first-order chi connectivity index (χ1) is 16.0. The highest BCUT2D eigenvalue weighted by Crippen LogP contribution is 2.18. The standard InChI is InChI=1S/C27H34N4O2/c1-22-7-5-17-30(20-22)21-24-12-10-23(11-13-24)19-29-26(32)14-15-27(33)31(18-6-16-28)25-8-3-2-4-9-25/h2-4,8-13,22H,5-7,14-15,17-21H2,1H3,(H,29,32). The minimum atomic E-state index is -0.150. The maximum Gasteiger partial charge on any atom is 0.227 e. The van der Waals surface area contributed by atoms with E-state index in [1.165, 1.54) is 24.9 Å². The van der Waals surface area contributed by atoms with Gasteiger partial charge in [-0.2, -0.15) is 5.26 Å². The molecule has 1 fully saturated rings. The molecule has 1 aliphatic heterocycles. The van der Waals surface area contributed by atoms with E-state index in [0.717, 1.165) is 30.3 Å². The van der Waals surface area contributed by atoms with Gasteiger partial charge in [0.25, 0.3) is 0 Å². The van der Waals surface area contributed by atoms with Gasteiger partial charge >= 0.3 is 0 Å². The van der Waals surface area contributed by atoms with Gasteiger partial charge in [-0.05, 0) is 48.6 Å². The average molecular weight is 447 g/mol. The maximum atomic E-state index is 12.7. The first-order valence-electron chi connectivity index (χ1n) is 11.8. The summed E-state index contributed by atoms with van der Waals surface area (Å²) in [6, 6.07) is 19.7. The Bertz CT molecular complexity index is 937. The number of nitrogens with zero attached hydrogens (tertiary/aromatic N) is 3. The maximum absolute atomic E-state index is 12.7. The van der Waals surface area contributed by atoms with Crippen LogP contribution < -0.4 is 10.2 Å². The Morgan fingerprint density at radius 2 is 1.82 bits per heavy atom. The molecule has 2 aromatic carbocycles. The number of anilines is 1. The highest BCUT2D eigenvalue weighted by Gasteiger charge is 2.17. The summed E-state index contributed by atoms with van der Waals surface area (Å²) in [5.41, 5.74) is 3.09. The number of nitrogens with one attached hydrogen (secondary N) is 1. The predicted octanol–water partition coefficient (Wildman–Crippen LogP) is 4.26. The number of nitriles is 1. The smallest absolute Gasteiger partial charge is 0.227 e. The van der Waals surface area contributed by atoms with Crippen molar-refractivity contribution in [1.82, 2.24) is 10.2 Å². The molecular formula is C27H34N4O2. The van der Waals surface area contributed by atoms with Gasteiger partial charge in [0, 0.05) is 44.7 Å². The lowest BCUT2D eigenvalue weighted by molar-refractivity contribution is -0.125. The molecule has 6 nitrogen and oxygen atoms in total. The van der Waals surface area contributed by atoms with Gasteiger partial charge in [-0.1, -0.05) is 49.4 Å². The third-order valence-electron chi connectivity index (χ3n) is 6.04. The molecule has 1 atom stereocenters. The fourth-order valence-corrected chi connectivity index (χ4v) is 4.26. The number of piperidine rings is 1. The van der Waals surface area contributed by atoms with Crippen LogP contribution in [0.5, 0.6) is 0 Å². The van der Waals surface area contributed by atoms with Gasteiger partial charge in [0.15, 0.2) is 0 Å². The summed E-state index contributed by atoms with van der Waals surface area (Å²) in [5.74, 6) is 0.470. The highest BCUT2D eigenvalue weighted by atomic mass is 16.2. The van der Waals surface area contributed by atoms with Crippen LogP contribution in [0.3, 0.4) is 0 Å². The van der Waals surface area contributed by atoms with Gasteiger partial charge in [0.2, 0.25) is 11.8 Å². The van der Waals surface area contributed by atoms with Crippen LogP contribution in [0.1, 0.15) is 50.2 Å². The summed E-state index contributed by atoms with van der Waals surface area (Å²) in [4.78, 5) is 29.1. The van der Waals surface area contributed by atoms with Crippen molar-refractivity contribution in [3.63, 3.8) is 0 Å². The van der Waals surface area contributed by atoms with Gasteiger partial charge in [-0.15, -0.1) is 0 Å². The number of likely N-dealkylation sites (tertiary alicyclic amines) is 1. The number of carbonyl (C=O) groups is 2. The van der Waals surface area contributed by atoms with E-state index in [4.69, 9.17) is 5.26 Å². The normalized spacial score (nSPS) is 16.1. The molecule has 3 rings (SSSR count). The molecule has 0 aromatic heterocycles. The largest absolute Gasteiger partial charge is 0.352 e. The SMILES string of the molecule is CC1CCCN(Cc2ccc(CNC(=O)CCC(=O)N(CCC#N)c3ccccc3)cc2)C1. The molecule has 1 heterocycles. The predicted molar refractivity (Wildman–Crippen MR) is 130 cm³/mol. The molecule has 174 valence electrons. The van der Waals surface area contributed by atoms with Crippen molar-refractivity contribution in [2.24, 2.45) is 5.92 Å². The van der Waals surface area contributed by atoms with E-state index in [1.807, 2.05) is 30.3 Å². The number of rotatable bonds is 10. The van der Waals surface area contributed by atoms with Gasteiger partial charge in [-0.3, -0.25) is 14.5 Å². The highest BCUT2D eigenvalue weighted by molar-refractivity contribution is 5.95. The molecule has 1 aliphatic rings. The zero-order valence-electron chi connectivity index (χ0n) is 19.5. The molecule has 0 saturated carbocycles. The second-order valence-electron chi connectivity index (χ2n) is 8.86. The lowest BCUT2D eigenvalue weighted by atomic mass is 9.99. The van der Waals surface area contributed by atoms with Crippen molar-refractivity contribution in [3.05, 3.63) is 65.7 Å².